The highest BCUT2D eigenvalue weighted by Crippen LogP contribution is 2.19. The van der Waals surface area contributed by atoms with Gasteiger partial charge in [0.15, 0.2) is 0 Å². The summed E-state index contributed by atoms with van der Waals surface area (Å²) in [4.78, 5) is -0.0487. The Bertz CT molecular complexity index is 773. The van der Waals surface area contributed by atoms with E-state index in [4.69, 9.17) is 11.0 Å². The van der Waals surface area contributed by atoms with Crippen LogP contribution in [0, 0.1) is 11.3 Å². The van der Waals surface area contributed by atoms with Crippen LogP contribution in [0.1, 0.15) is 11.3 Å². The van der Waals surface area contributed by atoms with Crippen molar-refractivity contribution < 1.29 is 8.42 Å². The van der Waals surface area contributed by atoms with Crippen LogP contribution in [-0.4, -0.2) is 18.2 Å². The quantitative estimate of drug-likeness (QED) is 0.789. The summed E-state index contributed by atoms with van der Waals surface area (Å²) >= 11 is 0. The van der Waals surface area contributed by atoms with E-state index < -0.39 is 10.0 Å². The van der Waals surface area contributed by atoms with Gasteiger partial charge < -0.3 is 5.73 Å². The maximum Gasteiger partial charge on any atom is 0.242 e. The number of aromatic nitrogens is 2. The van der Waals surface area contributed by atoms with E-state index in [9.17, 15) is 8.42 Å². The van der Waals surface area contributed by atoms with Crippen molar-refractivity contribution >= 4 is 15.7 Å². The average Bonchev–Trinajstić information content (AvgIpc) is 2.82. The summed E-state index contributed by atoms with van der Waals surface area (Å²) < 4.78 is 28.2. The van der Waals surface area contributed by atoms with Crippen LogP contribution in [0.2, 0.25) is 0 Å². The normalized spacial score (nSPS) is 11.2. The van der Waals surface area contributed by atoms with Crippen LogP contribution in [0.15, 0.2) is 35.4 Å². The number of hydrogen-bond acceptors (Lipinski definition) is 5. The van der Waals surface area contributed by atoms with Crippen LogP contribution in [0.5, 0.6) is 0 Å². The molecule has 0 unspecified atom stereocenters. The zero-order valence-electron chi connectivity index (χ0n) is 10.7. The van der Waals surface area contributed by atoms with E-state index in [0.29, 0.717) is 11.3 Å². The molecule has 2 aromatic rings. The zero-order valence-corrected chi connectivity index (χ0v) is 11.6. The topological polar surface area (TPSA) is 114 Å². The minimum absolute atomic E-state index is 0.0394. The summed E-state index contributed by atoms with van der Waals surface area (Å²) in [5.41, 5.74) is 6.62. The number of aryl methyl sites for hydroxylation is 1. The summed E-state index contributed by atoms with van der Waals surface area (Å²) in [6.07, 6.45) is 1.72. The maximum atomic E-state index is 12.1. The van der Waals surface area contributed by atoms with E-state index in [-0.39, 0.29) is 17.1 Å². The first-order valence-corrected chi connectivity index (χ1v) is 7.18. The number of nitriles is 1. The molecule has 0 radical (unpaired) electrons. The fourth-order valence-electron chi connectivity index (χ4n) is 1.67. The summed E-state index contributed by atoms with van der Waals surface area (Å²) in [5, 5.41) is 12.8. The van der Waals surface area contributed by atoms with E-state index in [2.05, 4.69) is 9.82 Å². The standard InChI is InChI=1S/C12H13N5O2S/c1-17-5-4-10(16-17)8-15-20(18,19)12-3-2-9(7-13)6-11(12)14/h2-6,15H,8,14H2,1H3. The molecule has 0 spiro atoms. The number of hydrogen-bond donors (Lipinski definition) is 2. The van der Waals surface area contributed by atoms with Gasteiger partial charge in [-0.25, -0.2) is 13.1 Å². The van der Waals surface area contributed by atoms with Gasteiger partial charge in [0.25, 0.3) is 0 Å². The Morgan fingerprint density at radius 3 is 2.75 bits per heavy atom. The number of sulfonamides is 1. The van der Waals surface area contributed by atoms with E-state index >= 15 is 0 Å². The fraction of sp³-hybridized carbons (Fsp3) is 0.167. The van der Waals surface area contributed by atoms with Gasteiger partial charge in [0.05, 0.1) is 29.6 Å². The number of rotatable bonds is 4. The molecule has 8 heteroatoms. The molecular formula is C12H13N5O2S. The van der Waals surface area contributed by atoms with Crippen molar-refractivity contribution in [2.24, 2.45) is 7.05 Å². The monoisotopic (exact) mass is 291 g/mol. The fourth-order valence-corrected chi connectivity index (χ4v) is 2.78. The van der Waals surface area contributed by atoms with Crippen molar-refractivity contribution in [3.63, 3.8) is 0 Å². The Morgan fingerprint density at radius 2 is 2.20 bits per heavy atom. The van der Waals surface area contributed by atoms with Gasteiger partial charge in [-0.15, -0.1) is 0 Å². The number of nitrogens with one attached hydrogen (secondary N) is 1. The molecule has 2 rings (SSSR count). The van der Waals surface area contributed by atoms with Crippen LogP contribution in [0.4, 0.5) is 5.69 Å². The number of anilines is 1. The lowest BCUT2D eigenvalue weighted by molar-refractivity contribution is 0.580. The van der Waals surface area contributed by atoms with Gasteiger partial charge in [-0.1, -0.05) is 0 Å². The molecule has 1 heterocycles. The lowest BCUT2D eigenvalue weighted by atomic mass is 10.2. The second-order valence-electron chi connectivity index (χ2n) is 4.17. The third kappa shape index (κ3) is 2.96. The molecule has 0 saturated heterocycles. The Labute approximate surface area is 116 Å². The van der Waals surface area contributed by atoms with E-state index in [1.54, 1.807) is 24.0 Å². The first kappa shape index (κ1) is 14.0. The van der Waals surface area contributed by atoms with Crippen molar-refractivity contribution in [3.8, 4) is 6.07 Å². The second kappa shape index (κ2) is 5.32. The van der Waals surface area contributed by atoms with Gasteiger partial charge in [-0.2, -0.15) is 10.4 Å². The molecule has 0 amide bonds. The summed E-state index contributed by atoms with van der Waals surface area (Å²) in [5.74, 6) is 0. The van der Waals surface area contributed by atoms with Crippen molar-refractivity contribution in [1.29, 1.82) is 5.26 Å². The summed E-state index contributed by atoms with van der Waals surface area (Å²) in [7, 11) is -1.99. The number of nitrogens with two attached hydrogens (primary N) is 1. The van der Waals surface area contributed by atoms with E-state index in [1.165, 1.54) is 18.2 Å². The molecule has 0 fully saturated rings. The van der Waals surface area contributed by atoms with Gasteiger partial charge in [-0.05, 0) is 24.3 Å². The van der Waals surface area contributed by atoms with Crippen molar-refractivity contribution in [1.82, 2.24) is 14.5 Å². The lowest BCUT2D eigenvalue weighted by Crippen LogP contribution is -2.24. The molecule has 0 atom stereocenters. The molecule has 104 valence electrons. The van der Waals surface area contributed by atoms with Crippen LogP contribution >= 0.6 is 0 Å². The Kier molecular flexibility index (Phi) is 3.74. The van der Waals surface area contributed by atoms with Crippen LogP contribution < -0.4 is 10.5 Å². The average molecular weight is 291 g/mol. The van der Waals surface area contributed by atoms with E-state index in [1.807, 2.05) is 6.07 Å². The Balaban J connectivity index is 2.20. The molecule has 0 aliphatic heterocycles. The van der Waals surface area contributed by atoms with Crippen molar-refractivity contribution in [2.45, 2.75) is 11.4 Å². The molecule has 0 aliphatic rings. The first-order valence-electron chi connectivity index (χ1n) is 5.70. The van der Waals surface area contributed by atoms with Gasteiger partial charge in [0.1, 0.15) is 4.90 Å². The zero-order chi connectivity index (χ0) is 14.8. The molecule has 7 nitrogen and oxygen atoms in total. The predicted molar refractivity (Wildman–Crippen MR) is 72.8 cm³/mol. The number of benzene rings is 1. The van der Waals surface area contributed by atoms with Gasteiger partial charge in [-0.3, -0.25) is 4.68 Å². The Hall–Kier alpha value is -2.37. The molecule has 1 aromatic heterocycles. The highest BCUT2D eigenvalue weighted by atomic mass is 32.2. The van der Waals surface area contributed by atoms with Crippen LogP contribution in [-0.2, 0) is 23.6 Å². The molecule has 0 saturated carbocycles. The predicted octanol–water partition coefficient (Wildman–Crippen LogP) is 0.352. The van der Waals surface area contributed by atoms with Gasteiger partial charge in [0, 0.05) is 13.2 Å². The van der Waals surface area contributed by atoms with Crippen LogP contribution in [0.3, 0.4) is 0 Å². The van der Waals surface area contributed by atoms with Crippen molar-refractivity contribution in [3.05, 3.63) is 41.7 Å². The molecule has 0 bridgehead atoms. The lowest BCUT2D eigenvalue weighted by Gasteiger charge is -2.08. The Morgan fingerprint density at radius 1 is 1.45 bits per heavy atom. The van der Waals surface area contributed by atoms with E-state index in [0.717, 1.165) is 0 Å². The number of nitrogens with zero attached hydrogens (tertiary/aromatic N) is 3. The summed E-state index contributed by atoms with van der Waals surface area (Å²) in [6.45, 7) is 0.0720. The third-order valence-electron chi connectivity index (χ3n) is 2.64. The maximum absolute atomic E-state index is 12.1. The van der Waals surface area contributed by atoms with Crippen molar-refractivity contribution in [2.75, 3.05) is 5.73 Å². The minimum atomic E-state index is -3.74. The minimum Gasteiger partial charge on any atom is -0.398 e. The molecular weight excluding hydrogens is 278 g/mol. The SMILES string of the molecule is Cn1ccc(CNS(=O)(=O)c2ccc(C#N)cc2N)n1. The molecule has 3 N–H and O–H groups in total. The smallest absolute Gasteiger partial charge is 0.242 e. The van der Waals surface area contributed by atoms with Gasteiger partial charge in [0.2, 0.25) is 10.0 Å². The highest BCUT2D eigenvalue weighted by Gasteiger charge is 2.17. The molecule has 0 aliphatic carbocycles. The highest BCUT2D eigenvalue weighted by molar-refractivity contribution is 7.89. The second-order valence-corrected chi connectivity index (χ2v) is 5.91. The summed E-state index contributed by atoms with van der Waals surface area (Å²) in [6, 6.07) is 7.66. The van der Waals surface area contributed by atoms with Gasteiger partial charge >= 0.3 is 0 Å². The third-order valence-corrected chi connectivity index (χ3v) is 4.12. The number of nitrogen functional groups attached to an aromatic ring is 1. The van der Waals surface area contributed by atoms with Crippen LogP contribution in [0.25, 0.3) is 0 Å². The first-order chi connectivity index (χ1) is 9.42. The largest absolute Gasteiger partial charge is 0.398 e. The molecule has 20 heavy (non-hydrogen) atoms. The molecule has 1 aromatic carbocycles.